The van der Waals surface area contributed by atoms with Gasteiger partial charge in [-0.15, -0.1) is 0 Å². The van der Waals surface area contributed by atoms with Gasteiger partial charge in [-0.1, -0.05) is 6.92 Å². The van der Waals surface area contributed by atoms with Gasteiger partial charge >= 0.3 is 5.97 Å². The second-order valence-corrected chi connectivity index (χ2v) is 4.37. The lowest BCUT2D eigenvalue weighted by atomic mass is 10.2. The summed E-state index contributed by atoms with van der Waals surface area (Å²) in [5, 5.41) is 0. The molecule has 0 aromatic carbocycles. The number of hydrogen-bond donors (Lipinski definition) is 1. The van der Waals surface area contributed by atoms with Crippen molar-refractivity contribution in [3.05, 3.63) is 23.4 Å². The maximum absolute atomic E-state index is 11.6. The van der Waals surface area contributed by atoms with Crippen molar-refractivity contribution in [1.29, 1.82) is 0 Å². The third-order valence-corrected chi connectivity index (χ3v) is 3.08. The molecule has 0 aromatic rings. The highest BCUT2D eigenvalue weighted by Crippen LogP contribution is 2.17. The molecule has 19 heavy (non-hydrogen) atoms. The van der Waals surface area contributed by atoms with E-state index in [4.69, 9.17) is 10.5 Å². The van der Waals surface area contributed by atoms with Crippen LogP contribution >= 0.6 is 0 Å². The molecule has 5 nitrogen and oxygen atoms in total. The molecule has 2 N–H and O–H groups in total. The van der Waals surface area contributed by atoms with Gasteiger partial charge in [0.1, 0.15) is 5.57 Å². The summed E-state index contributed by atoms with van der Waals surface area (Å²) in [7, 11) is 0. The Morgan fingerprint density at radius 2 is 1.84 bits per heavy atom. The maximum Gasteiger partial charge on any atom is 0.343 e. The van der Waals surface area contributed by atoms with E-state index in [2.05, 4.69) is 4.90 Å². The predicted octanol–water partition coefficient (Wildman–Crippen LogP) is 1.35. The van der Waals surface area contributed by atoms with Gasteiger partial charge in [-0.25, -0.2) is 4.79 Å². The SMILES string of the molecule is CCOC(=O)/C(=C\C=C(/CC)N1CCCC1)C(N)=O. The number of esters is 1. The molecule has 1 aliphatic rings. The van der Waals surface area contributed by atoms with Gasteiger partial charge in [0.2, 0.25) is 0 Å². The van der Waals surface area contributed by atoms with E-state index in [1.54, 1.807) is 13.0 Å². The fourth-order valence-electron chi connectivity index (χ4n) is 2.09. The second kappa shape index (κ2) is 7.61. The monoisotopic (exact) mass is 266 g/mol. The van der Waals surface area contributed by atoms with Crippen molar-refractivity contribution in [3.8, 4) is 0 Å². The molecule has 0 spiro atoms. The Labute approximate surface area is 114 Å². The van der Waals surface area contributed by atoms with E-state index in [1.807, 2.05) is 6.92 Å². The molecule has 1 aliphatic heterocycles. The Balaban J connectivity index is 2.87. The van der Waals surface area contributed by atoms with Gasteiger partial charge in [0, 0.05) is 18.8 Å². The summed E-state index contributed by atoms with van der Waals surface area (Å²) in [6.45, 7) is 6.01. The lowest BCUT2D eigenvalue weighted by Crippen LogP contribution is -2.23. The number of amides is 1. The highest BCUT2D eigenvalue weighted by Gasteiger charge is 2.17. The van der Waals surface area contributed by atoms with Crippen LogP contribution in [0.15, 0.2) is 23.4 Å². The molecule has 1 heterocycles. The molecular formula is C14H22N2O3. The molecular weight excluding hydrogens is 244 g/mol. The van der Waals surface area contributed by atoms with Crippen LogP contribution in [0.3, 0.4) is 0 Å². The van der Waals surface area contributed by atoms with Crippen molar-refractivity contribution in [2.24, 2.45) is 5.73 Å². The fourth-order valence-corrected chi connectivity index (χ4v) is 2.09. The Bertz CT molecular complexity index is 393. The second-order valence-electron chi connectivity index (χ2n) is 4.37. The first kappa shape index (κ1) is 15.3. The number of carbonyl (C=O) groups excluding carboxylic acids is 2. The summed E-state index contributed by atoms with van der Waals surface area (Å²) in [6.07, 6.45) is 6.48. The molecule has 0 atom stereocenters. The number of nitrogens with two attached hydrogens (primary N) is 1. The summed E-state index contributed by atoms with van der Waals surface area (Å²) in [4.78, 5) is 25.1. The van der Waals surface area contributed by atoms with Crippen LogP contribution in [-0.4, -0.2) is 36.5 Å². The zero-order valence-corrected chi connectivity index (χ0v) is 11.6. The lowest BCUT2D eigenvalue weighted by molar-refractivity contribution is -0.139. The minimum atomic E-state index is -0.758. The smallest absolute Gasteiger partial charge is 0.343 e. The van der Waals surface area contributed by atoms with Gasteiger partial charge < -0.3 is 15.4 Å². The van der Waals surface area contributed by atoms with Crippen LogP contribution in [0.4, 0.5) is 0 Å². The van der Waals surface area contributed by atoms with Crippen LogP contribution < -0.4 is 5.73 Å². The number of allylic oxidation sites excluding steroid dienone is 3. The van der Waals surface area contributed by atoms with Crippen LogP contribution in [-0.2, 0) is 14.3 Å². The molecule has 0 aliphatic carbocycles. The number of nitrogens with zero attached hydrogens (tertiary/aromatic N) is 1. The quantitative estimate of drug-likeness (QED) is 0.259. The maximum atomic E-state index is 11.6. The van der Waals surface area contributed by atoms with Crippen molar-refractivity contribution in [2.75, 3.05) is 19.7 Å². The highest BCUT2D eigenvalue weighted by molar-refractivity contribution is 6.15. The van der Waals surface area contributed by atoms with Crippen LogP contribution in [0.5, 0.6) is 0 Å². The molecule has 0 radical (unpaired) electrons. The van der Waals surface area contributed by atoms with Gasteiger partial charge in [-0.2, -0.15) is 0 Å². The first-order valence-corrected chi connectivity index (χ1v) is 6.72. The van der Waals surface area contributed by atoms with Crippen molar-refractivity contribution in [1.82, 2.24) is 4.90 Å². The largest absolute Gasteiger partial charge is 0.462 e. The van der Waals surface area contributed by atoms with Crippen LogP contribution in [0.2, 0.25) is 0 Å². The molecule has 0 aromatic heterocycles. The average molecular weight is 266 g/mol. The van der Waals surface area contributed by atoms with Crippen molar-refractivity contribution < 1.29 is 14.3 Å². The van der Waals surface area contributed by atoms with Gasteiger partial charge in [-0.05, 0) is 38.3 Å². The molecule has 5 heteroatoms. The number of ether oxygens (including phenoxy) is 1. The fraction of sp³-hybridized carbons (Fsp3) is 0.571. The molecule has 1 saturated heterocycles. The van der Waals surface area contributed by atoms with Crippen molar-refractivity contribution in [2.45, 2.75) is 33.1 Å². The van der Waals surface area contributed by atoms with E-state index in [9.17, 15) is 9.59 Å². The van der Waals surface area contributed by atoms with Gasteiger partial charge in [0.25, 0.3) is 5.91 Å². The lowest BCUT2D eigenvalue weighted by Gasteiger charge is -2.20. The average Bonchev–Trinajstić information content (AvgIpc) is 2.88. The van der Waals surface area contributed by atoms with Crippen LogP contribution in [0.1, 0.15) is 33.1 Å². The first-order chi connectivity index (χ1) is 9.10. The summed E-state index contributed by atoms with van der Waals surface area (Å²) >= 11 is 0. The molecule has 1 fully saturated rings. The predicted molar refractivity (Wildman–Crippen MR) is 73.1 cm³/mol. The van der Waals surface area contributed by atoms with E-state index >= 15 is 0 Å². The topological polar surface area (TPSA) is 72.6 Å². The van der Waals surface area contributed by atoms with E-state index < -0.39 is 11.9 Å². The van der Waals surface area contributed by atoms with Gasteiger partial charge in [0.15, 0.2) is 0 Å². The minimum absolute atomic E-state index is 0.105. The van der Waals surface area contributed by atoms with Gasteiger partial charge in [0.05, 0.1) is 6.61 Å². The third kappa shape index (κ3) is 4.43. The Kier molecular flexibility index (Phi) is 6.12. The van der Waals surface area contributed by atoms with E-state index in [1.165, 1.54) is 18.9 Å². The highest BCUT2D eigenvalue weighted by atomic mass is 16.5. The molecule has 0 saturated carbocycles. The Morgan fingerprint density at radius 3 is 2.32 bits per heavy atom. The molecule has 0 unspecified atom stereocenters. The molecule has 1 amide bonds. The minimum Gasteiger partial charge on any atom is -0.462 e. The summed E-state index contributed by atoms with van der Waals surface area (Å²) in [6, 6.07) is 0. The Hall–Kier alpha value is -1.78. The van der Waals surface area contributed by atoms with E-state index in [0.29, 0.717) is 0 Å². The van der Waals surface area contributed by atoms with Crippen LogP contribution in [0, 0.1) is 0 Å². The van der Waals surface area contributed by atoms with Crippen molar-refractivity contribution >= 4 is 11.9 Å². The molecule has 0 bridgehead atoms. The molecule has 106 valence electrons. The zero-order valence-electron chi connectivity index (χ0n) is 11.6. The number of rotatable bonds is 6. The summed E-state index contributed by atoms with van der Waals surface area (Å²) < 4.78 is 4.81. The number of primary amides is 1. The number of likely N-dealkylation sites (tertiary alicyclic amines) is 1. The Morgan fingerprint density at radius 1 is 1.21 bits per heavy atom. The molecule has 1 rings (SSSR count). The zero-order chi connectivity index (χ0) is 14.3. The van der Waals surface area contributed by atoms with E-state index in [0.717, 1.165) is 25.2 Å². The number of hydrogen-bond acceptors (Lipinski definition) is 4. The first-order valence-electron chi connectivity index (χ1n) is 6.72. The third-order valence-electron chi connectivity index (χ3n) is 3.08. The van der Waals surface area contributed by atoms with Crippen molar-refractivity contribution in [3.63, 3.8) is 0 Å². The van der Waals surface area contributed by atoms with Gasteiger partial charge in [-0.3, -0.25) is 4.79 Å². The van der Waals surface area contributed by atoms with Crippen LogP contribution in [0.25, 0.3) is 0 Å². The van der Waals surface area contributed by atoms with E-state index in [-0.39, 0.29) is 12.2 Å². The standard InChI is InChI=1S/C14H22N2O3/c1-3-11(16-9-5-6-10-16)7-8-12(13(15)17)14(18)19-4-2/h7-8H,3-6,9-10H2,1-2H3,(H2,15,17)/b11-7+,12-8-. The summed E-state index contributed by atoms with van der Waals surface area (Å²) in [5.74, 6) is -1.42. The summed E-state index contributed by atoms with van der Waals surface area (Å²) in [5.41, 5.74) is 6.21. The number of carbonyl (C=O) groups is 2. The normalized spacial score (nSPS) is 16.6.